The van der Waals surface area contributed by atoms with Crippen molar-refractivity contribution in [1.82, 2.24) is 14.9 Å². The third-order valence-electron chi connectivity index (χ3n) is 5.68. The van der Waals surface area contributed by atoms with Gasteiger partial charge in [0.15, 0.2) is 6.29 Å². The maximum Gasteiger partial charge on any atom is 0.152 e. The number of pyridine rings is 1. The third kappa shape index (κ3) is 8.46. The van der Waals surface area contributed by atoms with Gasteiger partial charge in [-0.15, -0.1) is 0 Å². The highest BCUT2D eigenvalue weighted by atomic mass is 19.1. The molecule has 0 aliphatic carbocycles. The van der Waals surface area contributed by atoms with Crippen molar-refractivity contribution >= 4 is 17.2 Å². The van der Waals surface area contributed by atoms with Crippen LogP contribution in [0.2, 0.25) is 0 Å². The van der Waals surface area contributed by atoms with Crippen LogP contribution in [-0.4, -0.2) is 50.4 Å². The molecule has 2 aromatic carbocycles. The summed E-state index contributed by atoms with van der Waals surface area (Å²) in [5, 5.41) is 3.92. The molecule has 0 atom stereocenters. The first kappa shape index (κ1) is 30.6. The number of hydrogen-bond donors (Lipinski definition) is 1. The van der Waals surface area contributed by atoms with Crippen molar-refractivity contribution in [3.8, 4) is 5.75 Å². The van der Waals surface area contributed by atoms with E-state index in [2.05, 4.69) is 28.7 Å². The minimum atomic E-state index is -0.181. The number of carbonyl (C=O) groups excluding carboxylic acids is 1. The lowest BCUT2D eigenvalue weighted by Gasteiger charge is -2.14. The van der Waals surface area contributed by atoms with E-state index >= 15 is 0 Å². The number of alkyl halides is 1. The van der Waals surface area contributed by atoms with Gasteiger partial charge in [0, 0.05) is 42.6 Å². The SMILES string of the molecule is CF.CNCc1ccc(F)cc1.COCCOc1ccc2c(C=O)c(C(C)C)n(Cc3ccccn3)c2c1. The standard InChI is InChI=1S/C21H24N2O3.C8H10FN.CH3F/c1-15(2)21-19(14-24)18-8-7-17(26-11-10-25-3)12-20(18)23(21)13-16-6-4-5-9-22-16;1-10-6-7-2-4-8(9)5-3-7;1-2/h4-9,12,14-15H,10-11,13H2,1-3H3;2-5,10H,6H2,1H3;1H3. The number of benzene rings is 2. The molecule has 0 radical (unpaired) electrons. The van der Waals surface area contributed by atoms with E-state index < -0.39 is 0 Å². The summed E-state index contributed by atoms with van der Waals surface area (Å²) in [5.74, 6) is 0.797. The zero-order valence-electron chi connectivity index (χ0n) is 22.7. The van der Waals surface area contributed by atoms with Gasteiger partial charge in [-0.2, -0.15) is 0 Å². The Labute approximate surface area is 223 Å². The van der Waals surface area contributed by atoms with E-state index in [0.717, 1.165) is 52.0 Å². The minimum absolute atomic E-state index is 0.181. The first-order valence-electron chi connectivity index (χ1n) is 12.4. The fourth-order valence-electron chi connectivity index (χ4n) is 4.09. The number of ether oxygens (including phenoxy) is 2. The largest absolute Gasteiger partial charge is 0.491 e. The minimum Gasteiger partial charge on any atom is -0.491 e. The number of rotatable bonds is 10. The van der Waals surface area contributed by atoms with Gasteiger partial charge >= 0.3 is 0 Å². The summed E-state index contributed by atoms with van der Waals surface area (Å²) in [6.45, 7) is 6.63. The van der Waals surface area contributed by atoms with Gasteiger partial charge in [-0.3, -0.25) is 14.2 Å². The number of aldehydes is 1. The van der Waals surface area contributed by atoms with Gasteiger partial charge in [-0.05, 0) is 54.9 Å². The van der Waals surface area contributed by atoms with Crippen LogP contribution < -0.4 is 10.1 Å². The molecule has 2 heterocycles. The average Bonchev–Trinajstić information content (AvgIpc) is 3.25. The fraction of sp³-hybridized carbons (Fsp3) is 0.333. The predicted octanol–water partition coefficient (Wildman–Crippen LogP) is 6.18. The highest BCUT2D eigenvalue weighted by Gasteiger charge is 2.20. The van der Waals surface area contributed by atoms with Gasteiger partial charge < -0.3 is 19.4 Å². The highest BCUT2D eigenvalue weighted by Crippen LogP contribution is 2.33. The maximum absolute atomic E-state index is 12.3. The Morgan fingerprint density at radius 3 is 2.37 bits per heavy atom. The van der Waals surface area contributed by atoms with Crippen LogP contribution in [0, 0.1) is 5.82 Å². The summed E-state index contributed by atoms with van der Waals surface area (Å²) in [5.41, 5.74) is 4.80. The Hall–Kier alpha value is -3.62. The van der Waals surface area contributed by atoms with Crippen LogP contribution in [0.4, 0.5) is 8.78 Å². The van der Waals surface area contributed by atoms with Crippen molar-refractivity contribution < 1.29 is 23.0 Å². The van der Waals surface area contributed by atoms with E-state index in [-0.39, 0.29) is 11.7 Å². The number of methoxy groups -OCH3 is 1. The molecule has 0 amide bonds. The molecule has 4 aromatic rings. The van der Waals surface area contributed by atoms with Crippen LogP contribution >= 0.6 is 0 Å². The van der Waals surface area contributed by atoms with Crippen molar-refractivity contribution in [2.45, 2.75) is 32.9 Å². The van der Waals surface area contributed by atoms with Crippen LogP contribution in [0.25, 0.3) is 10.9 Å². The fourth-order valence-corrected chi connectivity index (χ4v) is 4.09. The molecule has 0 bridgehead atoms. The molecule has 0 aliphatic heterocycles. The van der Waals surface area contributed by atoms with Crippen LogP contribution in [0.15, 0.2) is 66.9 Å². The molecule has 0 fully saturated rings. The number of carbonyl (C=O) groups is 1. The summed E-state index contributed by atoms with van der Waals surface area (Å²) in [7, 11) is 4.01. The molecule has 6 nitrogen and oxygen atoms in total. The van der Waals surface area contributed by atoms with Gasteiger partial charge in [-0.25, -0.2) is 4.39 Å². The zero-order chi connectivity index (χ0) is 27.9. The van der Waals surface area contributed by atoms with E-state index in [0.29, 0.717) is 26.9 Å². The van der Waals surface area contributed by atoms with Crippen LogP contribution in [0.1, 0.15) is 47.1 Å². The van der Waals surface area contributed by atoms with Crippen molar-refractivity contribution in [3.63, 3.8) is 0 Å². The second kappa shape index (κ2) is 16.3. The summed E-state index contributed by atoms with van der Waals surface area (Å²) >= 11 is 0. The molecule has 0 saturated heterocycles. The van der Waals surface area contributed by atoms with E-state index in [1.54, 1.807) is 25.4 Å². The lowest BCUT2D eigenvalue weighted by atomic mass is 10.0. The van der Waals surface area contributed by atoms with Crippen molar-refractivity contribution in [2.75, 3.05) is 34.5 Å². The molecular formula is C30H37F2N3O3. The molecule has 0 spiro atoms. The predicted molar refractivity (Wildman–Crippen MR) is 148 cm³/mol. The third-order valence-corrected chi connectivity index (χ3v) is 5.68. The molecule has 8 heteroatoms. The van der Waals surface area contributed by atoms with Crippen LogP contribution in [0.5, 0.6) is 5.75 Å². The van der Waals surface area contributed by atoms with Gasteiger partial charge in [-0.1, -0.05) is 32.0 Å². The summed E-state index contributed by atoms with van der Waals surface area (Å²) < 4.78 is 34.8. The molecule has 204 valence electrons. The number of fused-ring (bicyclic) bond motifs is 1. The molecule has 0 unspecified atom stereocenters. The highest BCUT2D eigenvalue weighted by molar-refractivity contribution is 6.00. The van der Waals surface area contributed by atoms with Gasteiger partial charge in [0.25, 0.3) is 0 Å². The second-order valence-electron chi connectivity index (χ2n) is 8.66. The van der Waals surface area contributed by atoms with E-state index in [4.69, 9.17) is 9.47 Å². The van der Waals surface area contributed by atoms with Crippen molar-refractivity contribution in [1.29, 1.82) is 0 Å². The Morgan fingerprint density at radius 2 is 1.79 bits per heavy atom. The lowest BCUT2D eigenvalue weighted by molar-refractivity contribution is 0.112. The zero-order valence-corrected chi connectivity index (χ0v) is 22.7. The molecule has 1 N–H and O–H groups in total. The Kier molecular flexibility index (Phi) is 13.1. The Balaban J connectivity index is 0.000000353. The normalized spacial score (nSPS) is 10.4. The lowest BCUT2D eigenvalue weighted by Crippen LogP contribution is -2.08. The molecule has 2 aromatic heterocycles. The number of nitrogens with zero attached hydrogens (tertiary/aromatic N) is 2. The van der Waals surface area contributed by atoms with E-state index in [9.17, 15) is 13.6 Å². The summed E-state index contributed by atoms with van der Waals surface area (Å²) in [6.07, 6.45) is 2.74. The number of nitrogens with one attached hydrogen (secondary N) is 1. The average molecular weight is 526 g/mol. The molecule has 38 heavy (non-hydrogen) atoms. The van der Waals surface area contributed by atoms with Crippen LogP contribution in [-0.2, 0) is 17.8 Å². The van der Waals surface area contributed by atoms with E-state index in [1.165, 1.54) is 12.1 Å². The first-order chi connectivity index (χ1) is 18.5. The summed E-state index contributed by atoms with van der Waals surface area (Å²) in [4.78, 5) is 16.3. The van der Waals surface area contributed by atoms with E-state index in [1.807, 2.05) is 43.4 Å². The van der Waals surface area contributed by atoms with Crippen LogP contribution in [0.3, 0.4) is 0 Å². The van der Waals surface area contributed by atoms with Gasteiger partial charge in [0.05, 0.1) is 31.5 Å². The molecule has 4 rings (SSSR count). The Bertz CT molecular complexity index is 1240. The summed E-state index contributed by atoms with van der Waals surface area (Å²) in [6, 6.07) is 18.2. The first-order valence-corrected chi connectivity index (χ1v) is 12.4. The maximum atomic E-state index is 12.3. The number of aromatic nitrogens is 2. The van der Waals surface area contributed by atoms with Gasteiger partial charge in [0.1, 0.15) is 18.2 Å². The monoisotopic (exact) mass is 525 g/mol. The smallest absolute Gasteiger partial charge is 0.152 e. The topological polar surface area (TPSA) is 65.4 Å². The number of hydrogen-bond acceptors (Lipinski definition) is 5. The molecular weight excluding hydrogens is 488 g/mol. The molecule has 0 aliphatic rings. The van der Waals surface area contributed by atoms with Crippen molar-refractivity contribution in [3.05, 3.63) is 95.2 Å². The molecule has 0 saturated carbocycles. The Morgan fingerprint density at radius 1 is 1.05 bits per heavy atom. The second-order valence-corrected chi connectivity index (χ2v) is 8.66. The quantitative estimate of drug-likeness (QED) is 0.198. The van der Waals surface area contributed by atoms with Gasteiger partial charge in [0.2, 0.25) is 0 Å². The number of halogens is 2. The van der Waals surface area contributed by atoms with Crippen molar-refractivity contribution in [2.24, 2.45) is 0 Å².